The van der Waals surface area contributed by atoms with E-state index >= 15 is 0 Å². The lowest BCUT2D eigenvalue weighted by Crippen LogP contribution is -1.87. The average Bonchev–Trinajstić information content (AvgIpc) is 2.49. The molecule has 1 aromatic rings. The van der Waals surface area contributed by atoms with Gasteiger partial charge in [-0.25, -0.2) is 0 Å². The highest BCUT2D eigenvalue weighted by atomic mass is 35.5. The van der Waals surface area contributed by atoms with Gasteiger partial charge in [0.05, 0.1) is 12.0 Å². The molecule has 60 valence electrons. The van der Waals surface area contributed by atoms with E-state index in [1.54, 1.807) is 0 Å². The van der Waals surface area contributed by atoms with Crippen LogP contribution in [0.3, 0.4) is 0 Å². The molecule has 0 N–H and O–H groups in total. The molecule has 1 aliphatic carbocycles. The summed E-state index contributed by atoms with van der Waals surface area (Å²) in [5.74, 6) is 0.0682. The van der Waals surface area contributed by atoms with E-state index in [0.717, 1.165) is 23.4 Å². The molecule has 2 rings (SSSR count). The minimum Gasteiger partial charge on any atom is -0.198 e. The van der Waals surface area contributed by atoms with E-state index < -0.39 is 0 Å². The molecule has 0 heterocycles. The molecule has 0 amide bonds. The van der Waals surface area contributed by atoms with E-state index in [9.17, 15) is 0 Å². The summed E-state index contributed by atoms with van der Waals surface area (Å²) in [7, 11) is 0. The lowest BCUT2D eigenvalue weighted by molar-refractivity contribution is 0.826. The second-order valence-electron chi connectivity index (χ2n) is 3.03. The fourth-order valence-electron chi connectivity index (χ4n) is 1.74. The molecule has 1 aromatic carbocycles. The van der Waals surface area contributed by atoms with E-state index in [-0.39, 0.29) is 5.92 Å². The molecule has 0 radical (unpaired) electrons. The van der Waals surface area contributed by atoms with Crippen LogP contribution in [-0.2, 0) is 6.42 Å². The number of fused-ring (bicyclic) bond motifs is 1. The van der Waals surface area contributed by atoms with Crippen LogP contribution in [0.5, 0.6) is 0 Å². The summed E-state index contributed by atoms with van der Waals surface area (Å²) >= 11 is 5.98. The third kappa shape index (κ3) is 1.00. The highest BCUT2D eigenvalue weighted by Gasteiger charge is 2.23. The van der Waals surface area contributed by atoms with Crippen LogP contribution >= 0.6 is 11.6 Å². The summed E-state index contributed by atoms with van der Waals surface area (Å²) in [6.45, 7) is 0. The van der Waals surface area contributed by atoms with Gasteiger partial charge in [-0.1, -0.05) is 23.7 Å². The smallest absolute Gasteiger partial charge is 0.0719 e. The number of benzene rings is 1. The van der Waals surface area contributed by atoms with E-state index in [1.807, 2.05) is 18.2 Å². The van der Waals surface area contributed by atoms with Crippen molar-refractivity contribution in [2.75, 3.05) is 0 Å². The lowest BCUT2D eigenvalue weighted by Gasteiger charge is -2.01. The van der Waals surface area contributed by atoms with Gasteiger partial charge < -0.3 is 0 Å². The molecule has 0 saturated heterocycles. The first-order valence-electron chi connectivity index (χ1n) is 4.00. The zero-order valence-electron chi connectivity index (χ0n) is 6.55. The van der Waals surface area contributed by atoms with E-state index in [2.05, 4.69) is 6.07 Å². The second kappa shape index (κ2) is 2.80. The highest BCUT2D eigenvalue weighted by Crippen LogP contribution is 2.36. The van der Waals surface area contributed by atoms with Gasteiger partial charge in [0, 0.05) is 5.02 Å². The molecule has 0 fully saturated rings. The molecule has 1 unspecified atom stereocenters. The Morgan fingerprint density at radius 3 is 3.08 bits per heavy atom. The number of rotatable bonds is 0. The third-order valence-corrected chi connectivity index (χ3v) is 2.72. The lowest BCUT2D eigenvalue weighted by atomic mass is 10.0. The van der Waals surface area contributed by atoms with Crippen molar-refractivity contribution in [3.63, 3.8) is 0 Å². The number of halogens is 1. The highest BCUT2D eigenvalue weighted by molar-refractivity contribution is 6.31. The summed E-state index contributed by atoms with van der Waals surface area (Å²) in [5.41, 5.74) is 2.30. The Labute approximate surface area is 76.6 Å². The molecule has 0 aliphatic heterocycles. The number of nitriles is 1. The van der Waals surface area contributed by atoms with Crippen molar-refractivity contribution in [1.82, 2.24) is 0 Å². The first-order valence-corrected chi connectivity index (χ1v) is 4.37. The van der Waals surface area contributed by atoms with Crippen LogP contribution in [0.25, 0.3) is 0 Å². The fourth-order valence-corrected chi connectivity index (χ4v) is 2.02. The van der Waals surface area contributed by atoms with Gasteiger partial charge in [-0.2, -0.15) is 5.26 Å². The molecule has 1 nitrogen and oxygen atoms in total. The summed E-state index contributed by atoms with van der Waals surface area (Å²) in [6.07, 6.45) is 1.88. The Kier molecular flexibility index (Phi) is 1.78. The van der Waals surface area contributed by atoms with E-state index in [4.69, 9.17) is 16.9 Å². The number of nitrogens with zero attached hydrogens (tertiary/aromatic N) is 1. The summed E-state index contributed by atoms with van der Waals surface area (Å²) in [4.78, 5) is 0. The van der Waals surface area contributed by atoms with Gasteiger partial charge in [0.1, 0.15) is 0 Å². The maximum atomic E-state index is 8.81. The third-order valence-electron chi connectivity index (χ3n) is 2.37. The van der Waals surface area contributed by atoms with Crippen molar-refractivity contribution in [2.45, 2.75) is 18.8 Å². The first-order chi connectivity index (χ1) is 5.83. The van der Waals surface area contributed by atoms with Crippen molar-refractivity contribution in [3.05, 3.63) is 34.3 Å². The van der Waals surface area contributed by atoms with Gasteiger partial charge in [0.15, 0.2) is 0 Å². The SMILES string of the molecule is N#CC1CCc2c(Cl)cccc21. The van der Waals surface area contributed by atoms with Crippen LogP contribution in [0, 0.1) is 11.3 Å². The van der Waals surface area contributed by atoms with Crippen molar-refractivity contribution in [1.29, 1.82) is 5.26 Å². The van der Waals surface area contributed by atoms with Crippen LogP contribution in [0.1, 0.15) is 23.5 Å². The van der Waals surface area contributed by atoms with E-state index in [0.29, 0.717) is 0 Å². The van der Waals surface area contributed by atoms with Gasteiger partial charge in [-0.05, 0) is 30.0 Å². The first kappa shape index (κ1) is 7.64. The molecular weight excluding hydrogens is 170 g/mol. The minimum absolute atomic E-state index is 0.0682. The van der Waals surface area contributed by atoms with Crippen LogP contribution in [0.2, 0.25) is 5.02 Å². The maximum absolute atomic E-state index is 8.81. The van der Waals surface area contributed by atoms with Gasteiger partial charge in [-0.15, -0.1) is 0 Å². The molecule has 0 aromatic heterocycles. The normalized spacial score (nSPS) is 20.2. The second-order valence-corrected chi connectivity index (χ2v) is 3.44. The Morgan fingerprint density at radius 1 is 1.50 bits per heavy atom. The van der Waals surface area contributed by atoms with Crippen molar-refractivity contribution in [2.24, 2.45) is 0 Å². The Hall–Kier alpha value is -1.00. The van der Waals surface area contributed by atoms with Crippen molar-refractivity contribution in [3.8, 4) is 6.07 Å². The molecule has 12 heavy (non-hydrogen) atoms. The predicted molar refractivity (Wildman–Crippen MR) is 48.1 cm³/mol. The summed E-state index contributed by atoms with van der Waals surface area (Å²) in [5, 5.41) is 9.62. The van der Waals surface area contributed by atoms with Gasteiger partial charge in [-0.3, -0.25) is 0 Å². The Balaban J connectivity index is 2.55. The largest absolute Gasteiger partial charge is 0.198 e. The predicted octanol–water partition coefficient (Wildman–Crippen LogP) is 2.89. The molecule has 0 bridgehead atoms. The van der Waals surface area contributed by atoms with Gasteiger partial charge in [0.2, 0.25) is 0 Å². The summed E-state index contributed by atoms with van der Waals surface area (Å²) < 4.78 is 0. The molecular formula is C10H8ClN. The number of hydrogen-bond acceptors (Lipinski definition) is 1. The van der Waals surface area contributed by atoms with Crippen LogP contribution < -0.4 is 0 Å². The standard InChI is InChI=1S/C10H8ClN/c11-10-3-1-2-8-7(6-12)4-5-9(8)10/h1-3,7H,4-5H2. The average molecular weight is 178 g/mol. The molecule has 2 heteroatoms. The Morgan fingerprint density at radius 2 is 2.33 bits per heavy atom. The zero-order chi connectivity index (χ0) is 8.55. The fraction of sp³-hybridized carbons (Fsp3) is 0.300. The van der Waals surface area contributed by atoms with Crippen molar-refractivity contribution < 1.29 is 0 Å². The van der Waals surface area contributed by atoms with Crippen LogP contribution in [0.15, 0.2) is 18.2 Å². The molecule has 1 aliphatic rings. The zero-order valence-corrected chi connectivity index (χ0v) is 7.30. The topological polar surface area (TPSA) is 23.8 Å². The van der Waals surface area contributed by atoms with Gasteiger partial charge in [0.25, 0.3) is 0 Å². The molecule has 1 atom stereocenters. The quantitative estimate of drug-likeness (QED) is 0.598. The molecule has 0 spiro atoms. The van der Waals surface area contributed by atoms with E-state index in [1.165, 1.54) is 5.56 Å². The maximum Gasteiger partial charge on any atom is 0.0719 e. The minimum atomic E-state index is 0.0682. The summed E-state index contributed by atoms with van der Waals surface area (Å²) in [6, 6.07) is 8.09. The molecule has 0 saturated carbocycles. The van der Waals surface area contributed by atoms with Crippen LogP contribution in [-0.4, -0.2) is 0 Å². The van der Waals surface area contributed by atoms with Crippen LogP contribution in [0.4, 0.5) is 0 Å². The van der Waals surface area contributed by atoms with Gasteiger partial charge >= 0.3 is 0 Å². The number of hydrogen-bond donors (Lipinski definition) is 0. The van der Waals surface area contributed by atoms with Crippen molar-refractivity contribution >= 4 is 11.6 Å². The Bertz CT molecular complexity index is 351. The monoisotopic (exact) mass is 177 g/mol.